The quantitative estimate of drug-likeness (QED) is 0.309. The Bertz CT molecular complexity index is 365. The summed E-state index contributed by atoms with van der Waals surface area (Å²) in [6.07, 6.45) is 1.65. The van der Waals surface area contributed by atoms with Gasteiger partial charge in [0.1, 0.15) is 12.0 Å². The number of halogens is 1. The molecule has 1 rings (SSSR count). The Morgan fingerprint density at radius 2 is 2.12 bits per heavy atom. The molecule has 0 radical (unpaired) electrons. The normalized spacial score (nSPS) is 25.9. The molecule has 0 aromatic heterocycles. The highest BCUT2D eigenvalue weighted by Gasteiger charge is 2.66. The minimum absolute atomic E-state index is 0.00299. The van der Waals surface area contributed by atoms with Crippen molar-refractivity contribution in [2.75, 3.05) is 13.2 Å². The van der Waals surface area contributed by atoms with Crippen molar-refractivity contribution in [1.29, 1.82) is 0 Å². The molecule has 0 amide bonds. The lowest BCUT2D eigenvalue weighted by Gasteiger charge is -2.11. The molecular formula is C11H13ClO5. The molecule has 2 atom stereocenters. The highest BCUT2D eigenvalue weighted by Crippen LogP contribution is 2.55. The standard InChI is InChI=1S/C11H13ClO5/c1-3-4-16-10(15)11(9(12)14)5-8(11)6-17-7(2)13/h3,8H,1,4-6H2,2H3. The maximum atomic E-state index is 11.7. The Labute approximate surface area is 104 Å². The summed E-state index contributed by atoms with van der Waals surface area (Å²) in [6, 6.07) is 0. The molecule has 94 valence electrons. The number of ether oxygens (including phenoxy) is 2. The number of hydrogen-bond donors (Lipinski definition) is 0. The third kappa shape index (κ3) is 2.85. The van der Waals surface area contributed by atoms with E-state index >= 15 is 0 Å². The first-order valence-electron chi connectivity index (χ1n) is 5.06. The lowest BCUT2D eigenvalue weighted by Crippen LogP contribution is -2.28. The van der Waals surface area contributed by atoms with Gasteiger partial charge in [-0.25, -0.2) is 0 Å². The topological polar surface area (TPSA) is 69.7 Å². The van der Waals surface area contributed by atoms with E-state index in [0.29, 0.717) is 0 Å². The SMILES string of the molecule is C=CCOC(=O)C1(C(=O)Cl)CC1COC(C)=O. The average molecular weight is 261 g/mol. The molecule has 5 nitrogen and oxygen atoms in total. The first kappa shape index (κ1) is 13.7. The molecule has 2 unspecified atom stereocenters. The molecular weight excluding hydrogens is 248 g/mol. The van der Waals surface area contributed by atoms with Gasteiger partial charge in [0.25, 0.3) is 0 Å². The van der Waals surface area contributed by atoms with Gasteiger partial charge in [-0.3, -0.25) is 14.4 Å². The van der Waals surface area contributed by atoms with Gasteiger partial charge in [0.05, 0.1) is 6.61 Å². The summed E-state index contributed by atoms with van der Waals surface area (Å²) in [5.41, 5.74) is -1.35. The summed E-state index contributed by atoms with van der Waals surface area (Å²) in [4.78, 5) is 33.6. The van der Waals surface area contributed by atoms with E-state index in [1.54, 1.807) is 0 Å². The first-order valence-corrected chi connectivity index (χ1v) is 5.44. The Morgan fingerprint density at radius 1 is 1.47 bits per heavy atom. The summed E-state index contributed by atoms with van der Waals surface area (Å²) >= 11 is 5.41. The van der Waals surface area contributed by atoms with Crippen molar-refractivity contribution in [2.24, 2.45) is 11.3 Å². The van der Waals surface area contributed by atoms with Crippen molar-refractivity contribution in [3.8, 4) is 0 Å². The van der Waals surface area contributed by atoms with E-state index in [1.165, 1.54) is 13.0 Å². The minimum atomic E-state index is -1.35. The molecule has 0 aromatic rings. The fourth-order valence-corrected chi connectivity index (χ4v) is 1.89. The van der Waals surface area contributed by atoms with Crippen molar-refractivity contribution >= 4 is 28.8 Å². The maximum Gasteiger partial charge on any atom is 0.321 e. The van der Waals surface area contributed by atoms with Gasteiger partial charge in [-0.1, -0.05) is 12.7 Å². The van der Waals surface area contributed by atoms with Crippen molar-refractivity contribution in [1.82, 2.24) is 0 Å². The predicted octanol–water partition coefficient (Wildman–Crippen LogP) is 1.05. The fourth-order valence-electron chi connectivity index (χ4n) is 1.58. The highest BCUT2D eigenvalue weighted by molar-refractivity contribution is 6.67. The zero-order valence-electron chi connectivity index (χ0n) is 9.40. The Balaban J connectivity index is 2.62. The molecule has 0 aliphatic heterocycles. The zero-order valence-corrected chi connectivity index (χ0v) is 10.2. The lowest BCUT2D eigenvalue weighted by atomic mass is 10.1. The molecule has 0 spiro atoms. The zero-order chi connectivity index (χ0) is 13.1. The van der Waals surface area contributed by atoms with Gasteiger partial charge in [0.2, 0.25) is 5.24 Å². The Kier molecular flexibility index (Phi) is 4.28. The third-order valence-corrected chi connectivity index (χ3v) is 2.98. The van der Waals surface area contributed by atoms with Crippen LogP contribution in [0.25, 0.3) is 0 Å². The number of esters is 2. The van der Waals surface area contributed by atoms with Crippen molar-refractivity contribution in [2.45, 2.75) is 13.3 Å². The molecule has 1 aliphatic carbocycles. The largest absolute Gasteiger partial charge is 0.466 e. The van der Waals surface area contributed by atoms with Crippen LogP contribution < -0.4 is 0 Å². The molecule has 0 saturated heterocycles. The molecule has 1 fully saturated rings. The van der Waals surface area contributed by atoms with Gasteiger partial charge in [0, 0.05) is 12.8 Å². The number of hydrogen-bond acceptors (Lipinski definition) is 5. The summed E-state index contributed by atoms with van der Waals surface area (Å²) in [6.45, 7) is 4.66. The first-order chi connectivity index (χ1) is 7.95. The lowest BCUT2D eigenvalue weighted by molar-refractivity contribution is -0.153. The maximum absolute atomic E-state index is 11.7. The molecule has 1 aliphatic rings. The summed E-state index contributed by atoms with van der Waals surface area (Å²) < 4.78 is 9.56. The average Bonchev–Trinajstić information content (AvgIpc) is 2.98. The van der Waals surface area contributed by atoms with Gasteiger partial charge in [0.15, 0.2) is 0 Å². The van der Waals surface area contributed by atoms with Gasteiger partial charge in [-0.05, 0) is 18.0 Å². The van der Waals surface area contributed by atoms with Gasteiger partial charge in [-0.15, -0.1) is 0 Å². The van der Waals surface area contributed by atoms with E-state index in [2.05, 4.69) is 6.58 Å². The van der Waals surface area contributed by atoms with E-state index < -0.39 is 28.5 Å². The molecule has 0 heterocycles. The van der Waals surface area contributed by atoms with Gasteiger partial charge in [-0.2, -0.15) is 0 Å². The van der Waals surface area contributed by atoms with E-state index in [0.717, 1.165) is 0 Å². The Morgan fingerprint density at radius 3 is 2.59 bits per heavy atom. The van der Waals surface area contributed by atoms with E-state index in [4.69, 9.17) is 21.1 Å². The van der Waals surface area contributed by atoms with Crippen LogP contribution in [0.4, 0.5) is 0 Å². The van der Waals surface area contributed by atoms with Crippen LogP contribution in [0.5, 0.6) is 0 Å². The van der Waals surface area contributed by atoms with Crippen LogP contribution in [0.1, 0.15) is 13.3 Å². The van der Waals surface area contributed by atoms with Crippen molar-refractivity contribution < 1.29 is 23.9 Å². The van der Waals surface area contributed by atoms with Crippen LogP contribution in [0.3, 0.4) is 0 Å². The summed E-state index contributed by atoms with van der Waals surface area (Å²) in [5, 5.41) is -0.774. The van der Waals surface area contributed by atoms with Crippen LogP contribution in [0, 0.1) is 11.3 Å². The van der Waals surface area contributed by atoms with E-state index in [1.807, 2.05) is 0 Å². The molecule has 6 heteroatoms. The minimum Gasteiger partial charge on any atom is -0.466 e. The second-order valence-electron chi connectivity index (χ2n) is 3.84. The van der Waals surface area contributed by atoms with Crippen LogP contribution in [-0.2, 0) is 23.9 Å². The molecule has 1 saturated carbocycles. The van der Waals surface area contributed by atoms with E-state index in [-0.39, 0.29) is 19.6 Å². The fraction of sp³-hybridized carbons (Fsp3) is 0.545. The smallest absolute Gasteiger partial charge is 0.321 e. The van der Waals surface area contributed by atoms with Crippen LogP contribution in [0.2, 0.25) is 0 Å². The molecule has 0 N–H and O–H groups in total. The number of rotatable bonds is 6. The predicted molar refractivity (Wildman–Crippen MR) is 59.2 cm³/mol. The van der Waals surface area contributed by atoms with E-state index in [9.17, 15) is 14.4 Å². The van der Waals surface area contributed by atoms with Gasteiger partial charge >= 0.3 is 11.9 Å². The monoisotopic (exact) mass is 260 g/mol. The van der Waals surface area contributed by atoms with Crippen LogP contribution >= 0.6 is 11.6 Å². The number of carbonyl (C=O) groups excluding carboxylic acids is 3. The van der Waals surface area contributed by atoms with Crippen LogP contribution in [0.15, 0.2) is 12.7 Å². The molecule has 17 heavy (non-hydrogen) atoms. The number of carbonyl (C=O) groups is 3. The van der Waals surface area contributed by atoms with Crippen molar-refractivity contribution in [3.63, 3.8) is 0 Å². The summed E-state index contributed by atoms with van der Waals surface area (Å²) in [5.74, 6) is -1.55. The van der Waals surface area contributed by atoms with Crippen LogP contribution in [-0.4, -0.2) is 30.4 Å². The molecule has 0 bridgehead atoms. The van der Waals surface area contributed by atoms with Gasteiger partial charge < -0.3 is 9.47 Å². The third-order valence-electron chi connectivity index (χ3n) is 2.64. The molecule has 0 aromatic carbocycles. The van der Waals surface area contributed by atoms with Crippen molar-refractivity contribution in [3.05, 3.63) is 12.7 Å². The Hall–Kier alpha value is -1.36. The summed E-state index contributed by atoms with van der Waals surface area (Å²) in [7, 11) is 0. The second-order valence-corrected chi connectivity index (χ2v) is 4.18. The second kappa shape index (κ2) is 5.31. The highest BCUT2D eigenvalue weighted by atomic mass is 35.5.